The zero-order valence-electron chi connectivity index (χ0n) is 54.4. The van der Waals surface area contributed by atoms with Gasteiger partial charge in [-0.15, -0.1) is 0 Å². The van der Waals surface area contributed by atoms with Crippen molar-refractivity contribution < 1.29 is 0 Å². The molecule has 0 amide bonds. The molecular weight excluding hydrogens is 1140 g/mol. The Morgan fingerprint density at radius 1 is 0.202 bits per heavy atom. The second-order valence-electron chi connectivity index (χ2n) is 26.5. The van der Waals surface area contributed by atoms with Gasteiger partial charge in [-0.3, -0.25) is 0 Å². The fraction of sp³-hybridized carbons (Fsp3) is 0.0930. The molecule has 13 aromatic carbocycles. The molecule has 0 spiro atoms. The predicted molar refractivity (Wildman–Crippen MR) is 402 cm³/mol. The Balaban J connectivity index is 1.00. The minimum atomic E-state index is -0.163. The maximum absolute atomic E-state index is 2.64. The molecule has 8 heteroatoms. The molecule has 450 valence electrons. The summed E-state index contributed by atoms with van der Waals surface area (Å²) < 4.78 is 0. The zero-order chi connectivity index (χ0) is 63.6. The molecule has 0 radical (unpaired) electrons. The van der Waals surface area contributed by atoms with Gasteiger partial charge in [-0.2, -0.15) is 0 Å². The third kappa shape index (κ3) is 9.33. The van der Waals surface area contributed by atoms with E-state index in [0.29, 0.717) is 0 Å². The highest BCUT2D eigenvalue weighted by atomic mass is 15.2. The van der Waals surface area contributed by atoms with Gasteiger partial charge in [-0.25, -0.2) is 0 Å². The lowest BCUT2D eigenvalue weighted by atomic mass is 9.30. The summed E-state index contributed by atoms with van der Waals surface area (Å²) in [5, 5.41) is 0. The molecule has 0 aliphatic carbocycles. The Labute approximate surface area is 553 Å². The summed E-state index contributed by atoms with van der Waals surface area (Å²) in [6.07, 6.45) is 0. The first-order valence-corrected chi connectivity index (χ1v) is 32.9. The van der Waals surface area contributed by atoms with Crippen LogP contribution in [-0.4, -0.2) is 13.4 Å². The van der Waals surface area contributed by atoms with Gasteiger partial charge >= 0.3 is 0 Å². The SMILES string of the molecule is Cc1cc(C)cc(N(c2cc(C)cc(C)c2)c2cc3c4c(c2)N(c2ccccc2)c2cc5c(cc2B4c2ccccc2N3c2ccccc2)B2c3ccccc3N(c3ccccc3)c3cc(N(c4cc(C)cc(C)c4)c4cc(C)cc(C)c4)cc(c32)N5c2ccccc2)c1. The van der Waals surface area contributed by atoms with Crippen LogP contribution in [0, 0.1) is 55.4 Å². The number of rotatable bonds is 10. The number of nitrogens with zero attached hydrogens (tertiary/aromatic N) is 6. The van der Waals surface area contributed by atoms with E-state index in [0.717, 1.165) is 91.0 Å². The molecule has 0 N–H and O–H groups in total. The molecule has 0 bridgehead atoms. The standard InChI is InChI=1S/C86H70B2N6/c1-55-37-56(2)42-67(41-55)89(68-43-57(3)38-58(4)44-68)71-49-81-85-83(51-71)93(65-29-17-11-18-30-65)79-54-80-76(53-75(79)87(85)73-33-21-23-35-77(73)91(81)63-25-13-9-14-26-63)88-74-34-22-24-36-78(74)92(64-27-15-10-16-28-64)82-50-72(52-84(86(82)88)94(80)66-31-19-12-20-32-66)90(69-45-59(5)39-60(6)46-69)70-47-61(7)40-62(8)48-70/h9-54H,1-8H3. The number of aryl methyl sites for hydroxylation is 8. The van der Waals surface area contributed by atoms with Gasteiger partial charge in [0.25, 0.3) is 13.4 Å². The average molecular weight is 1210 g/mol. The molecule has 17 rings (SSSR count). The molecule has 0 saturated heterocycles. The fourth-order valence-corrected chi connectivity index (χ4v) is 16.2. The summed E-state index contributed by atoms with van der Waals surface area (Å²) in [6.45, 7) is 17.4. The number of anilines is 18. The van der Waals surface area contributed by atoms with Crippen LogP contribution in [0.4, 0.5) is 102 Å². The van der Waals surface area contributed by atoms with Crippen molar-refractivity contribution in [1.29, 1.82) is 0 Å². The van der Waals surface area contributed by atoms with Crippen LogP contribution in [0.2, 0.25) is 0 Å². The van der Waals surface area contributed by atoms with E-state index in [9.17, 15) is 0 Å². The van der Waals surface area contributed by atoms with Gasteiger partial charge in [0.2, 0.25) is 0 Å². The third-order valence-electron chi connectivity index (χ3n) is 19.5. The first-order valence-electron chi connectivity index (χ1n) is 32.9. The number of hydrogen-bond donors (Lipinski definition) is 0. The Hall–Kier alpha value is -11.2. The lowest BCUT2D eigenvalue weighted by Gasteiger charge is -2.48. The molecule has 4 heterocycles. The molecule has 0 unspecified atom stereocenters. The van der Waals surface area contributed by atoms with Gasteiger partial charge in [0.1, 0.15) is 0 Å². The maximum atomic E-state index is 2.64. The summed E-state index contributed by atoms with van der Waals surface area (Å²) in [5.74, 6) is 0. The Bertz CT molecular complexity index is 4680. The number of hydrogen-bond acceptors (Lipinski definition) is 6. The van der Waals surface area contributed by atoms with Crippen molar-refractivity contribution in [3.63, 3.8) is 0 Å². The van der Waals surface area contributed by atoms with Crippen molar-refractivity contribution >= 4 is 149 Å². The van der Waals surface area contributed by atoms with Crippen LogP contribution in [0.1, 0.15) is 44.5 Å². The zero-order valence-corrected chi connectivity index (χ0v) is 54.4. The highest BCUT2D eigenvalue weighted by Gasteiger charge is 2.49. The largest absolute Gasteiger partial charge is 0.311 e. The van der Waals surface area contributed by atoms with Gasteiger partial charge in [0.05, 0.1) is 11.4 Å². The molecular formula is C86H70B2N6. The van der Waals surface area contributed by atoms with Crippen LogP contribution in [0.15, 0.2) is 279 Å². The monoisotopic (exact) mass is 1210 g/mol. The van der Waals surface area contributed by atoms with Crippen molar-refractivity contribution in [2.24, 2.45) is 0 Å². The highest BCUT2D eigenvalue weighted by Crippen LogP contribution is 2.53. The Morgan fingerprint density at radius 3 is 0.713 bits per heavy atom. The van der Waals surface area contributed by atoms with E-state index >= 15 is 0 Å². The van der Waals surface area contributed by atoms with E-state index in [4.69, 9.17) is 0 Å². The van der Waals surface area contributed by atoms with Crippen LogP contribution in [0.5, 0.6) is 0 Å². The quantitative estimate of drug-likeness (QED) is 0.126. The van der Waals surface area contributed by atoms with E-state index in [-0.39, 0.29) is 13.4 Å². The lowest BCUT2D eigenvalue weighted by molar-refractivity contribution is 1.20. The summed E-state index contributed by atoms with van der Waals surface area (Å²) in [7, 11) is 0. The molecule has 0 fully saturated rings. The van der Waals surface area contributed by atoms with Crippen molar-refractivity contribution in [3.05, 3.63) is 324 Å². The molecule has 4 aliphatic rings. The van der Waals surface area contributed by atoms with Gasteiger partial charge in [-0.05, 0) is 272 Å². The summed E-state index contributed by atoms with van der Waals surface area (Å²) >= 11 is 0. The van der Waals surface area contributed by atoms with Crippen LogP contribution in [0.3, 0.4) is 0 Å². The molecule has 4 aliphatic heterocycles. The third-order valence-corrected chi connectivity index (χ3v) is 19.5. The molecule has 0 saturated carbocycles. The number of para-hydroxylation sites is 6. The molecule has 13 aromatic rings. The first-order chi connectivity index (χ1) is 45.9. The van der Waals surface area contributed by atoms with Crippen LogP contribution < -0.4 is 62.2 Å². The second-order valence-corrected chi connectivity index (χ2v) is 26.5. The van der Waals surface area contributed by atoms with E-state index in [1.807, 2.05) is 0 Å². The average Bonchev–Trinajstić information content (AvgIpc) is 0.686. The van der Waals surface area contributed by atoms with Gasteiger partial charge in [-0.1, -0.05) is 140 Å². The molecule has 0 aromatic heterocycles. The lowest BCUT2D eigenvalue weighted by Crippen LogP contribution is -2.65. The normalized spacial score (nSPS) is 13.0. The van der Waals surface area contributed by atoms with E-state index in [2.05, 4.69) is 364 Å². The summed E-state index contributed by atoms with van der Waals surface area (Å²) in [5.41, 5.74) is 37.5. The second kappa shape index (κ2) is 22.3. The molecule has 6 nitrogen and oxygen atoms in total. The van der Waals surface area contributed by atoms with Crippen LogP contribution >= 0.6 is 0 Å². The minimum absolute atomic E-state index is 0.163. The number of fused-ring (bicyclic) bond motifs is 8. The molecule has 0 atom stereocenters. The minimum Gasteiger partial charge on any atom is -0.311 e. The van der Waals surface area contributed by atoms with Gasteiger partial charge < -0.3 is 29.4 Å². The van der Waals surface area contributed by atoms with Crippen molar-refractivity contribution in [1.82, 2.24) is 0 Å². The predicted octanol–water partition coefficient (Wildman–Crippen LogP) is 19.3. The smallest absolute Gasteiger partial charge is 0.252 e. The fourth-order valence-electron chi connectivity index (χ4n) is 16.2. The Morgan fingerprint density at radius 2 is 0.436 bits per heavy atom. The van der Waals surface area contributed by atoms with Gasteiger partial charge in [0.15, 0.2) is 0 Å². The topological polar surface area (TPSA) is 19.4 Å². The van der Waals surface area contributed by atoms with E-state index in [1.165, 1.54) is 88.7 Å². The summed E-state index contributed by atoms with van der Waals surface area (Å²) in [4.78, 5) is 15.3. The first kappa shape index (κ1) is 56.7. The van der Waals surface area contributed by atoms with Crippen molar-refractivity contribution in [2.75, 3.05) is 29.4 Å². The summed E-state index contributed by atoms with van der Waals surface area (Å²) in [6, 6.07) is 106. The van der Waals surface area contributed by atoms with E-state index < -0.39 is 0 Å². The van der Waals surface area contributed by atoms with E-state index in [1.54, 1.807) is 0 Å². The molecule has 94 heavy (non-hydrogen) atoms. The van der Waals surface area contributed by atoms with Crippen molar-refractivity contribution in [3.8, 4) is 0 Å². The highest BCUT2D eigenvalue weighted by molar-refractivity contribution is 7.03. The van der Waals surface area contributed by atoms with Gasteiger partial charge in [0, 0.05) is 91.0 Å². The number of benzene rings is 13. The Kier molecular flexibility index (Phi) is 13.5. The maximum Gasteiger partial charge on any atom is 0.252 e. The van der Waals surface area contributed by atoms with Crippen LogP contribution in [0.25, 0.3) is 0 Å². The van der Waals surface area contributed by atoms with Crippen LogP contribution in [-0.2, 0) is 0 Å². The van der Waals surface area contributed by atoms with Crippen molar-refractivity contribution in [2.45, 2.75) is 55.4 Å².